The highest BCUT2D eigenvalue weighted by atomic mass is 16.5. The van der Waals surface area contributed by atoms with Crippen molar-refractivity contribution in [3.63, 3.8) is 0 Å². The zero-order valence-electron chi connectivity index (χ0n) is 17.5. The molecule has 0 aliphatic rings. The maximum absolute atomic E-state index is 13.0. The van der Waals surface area contributed by atoms with E-state index in [1.165, 1.54) is 5.56 Å². The van der Waals surface area contributed by atoms with Gasteiger partial charge in [0.25, 0.3) is 11.4 Å². The van der Waals surface area contributed by atoms with Gasteiger partial charge in [0.2, 0.25) is 0 Å². The number of aromatic nitrogens is 5. The molecule has 2 aromatic carbocycles. The third-order valence-corrected chi connectivity index (χ3v) is 5.34. The largest absolute Gasteiger partial charge is 0.334 e. The molecule has 154 valence electrons. The lowest BCUT2D eigenvalue weighted by molar-refractivity contribution is 0.420. The molecule has 3 heterocycles. The van der Waals surface area contributed by atoms with Crippen molar-refractivity contribution < 1.29 is 4.52 Å². The summed E-state index contributed by atoms with van der Waals surface area (Å²) in [6, 6.07) is 15.9. The van der Waals surface area contributed by atoms with Gasteiger partial charge >= 0.3 is 0 Å². The minimum Gasteiger partial charge on any atom is -0.334 e. The minimum atomic E-state index is -0.160. The smallest absolute Gasteiger partial charge is 0.277 e. The predicted octanol–water partition coefficient (Wildman–Crippen LogP) is 4.19. The van der Waals surface area contributed by atoms with Gasteiger partial charge in [0.15, 0.2) is 5.82 Å². The Labute approximate surface area is 178 Å². The molecule has 0 atom stereocenters. The fourth-order valence-corrected chi connectivity index (χ4v) is 3.67. The highest BCUT2D eigenvalue weighted by Gasteiger charge is 2.14. The zero-order valence-corrected chi connectivity index (χ0v) is 17.5. The van der Waals surface area contributed by atoms with Crippen molar-refractivity contribution in [2.24, 2.45) is 0 Å². The summed E-state index contributed by atoms with van der Waals surface area (Å²) >= 11 is 0. The summed E-state index contributed by atoms with van der Waals surface area (Å²) in [6.07, 6.45) is 3.46. The normalized spacial score (nSPS) is 11.3. The summed E-state index contributed by atoms with van der Waals surface area (Å²) in [5, 5.41) is 8.62. The van der Waals surface area contributed by atoms with E-state index in [4.69, 9.17) is 4.52 Å². The average Bonchev–Trinajstić information content (AvgIpc) is 3.38. The van der Waals surface area contributed by atoms with Crippen molar-refractivity contribution in [3.05, 3.63) is 93.8 Å². The molecule has 0 N–H and O–H groups in total. The highest BCUT2D eigenvalue weighted by Crippen LogP contribution is 2.23. The summed E-state index contributed by atoms with van der Waals surface area (Å²) in [4.78, 5) is 17.5. The van der Waals surface area contributed by atoms with E-state index in [9.17, 15) is 4.79 Å². The molecule has 0 aliphatic heterocycles. The van der Waals surface area contributed by atoms with Gasteiger partial charge in [0.05, 0.1) is 12.2 Å². The van der Waals surface area contributed by atoms with E-state index >= 15 is 0 Å². The van der Waals surface area contributed by atoms with Crippen LogP contribution < -0.4 is 5.56 Å². The lowest BCUT2D eigenvalue weighted by Gasteiger charge is -2.03. The number of nitrogens with zero attached hydrogens (tertiary/aromatic N) is 5. The summed E-state index contributed by atoms with van der Waals surface area (Å²) in [6.45, 7) is 6.34. The van der Waals surface area contributed by atoms with Crippen molar-refractivity contribution in [2.75, 3.05) is 0 Å². The second kappa shape index (κ2) is 7.36. The van der Waals surface area contributed by atoms with Gasteiger partial charge in [-0.1, -0.05) is 46.6 Å². The van der Waals surface area contributed by atoms with Gasteiger partial charge in [-0.2, -0.15) is 10.1 Å². The molecule has 0 amide bonds. The maximum Gasteiger partial charge on any atom is 0.277 e. The molecule has 0 spiro atoms. The Morgan fingerprint density at radius 2 is 1.71 bits per heavy atom. The lowest BCUT2D eigenvalue weighted by Crippen LogP contribution is -2.22. The minimum absolute atomic E-state index is 0.160. The Morgan fingerprint density at radius 3 is 2.48 bits per heavy atom. The van der Waals surface area contributed by atoms with E-state index in [-0.39, 0.29) is 12.1 Å². The number of aryl methyl sites for hydroxylation is 3. The first kappa shape index (κ1) is 19.0. The Kier molecular flexibility index (Phi) is 4.51. The number of hydrogen-bond donors (Lipinski definition) is 0. The molecule has 0 saturated carbocycles. The molecule has 31 heavy (non-hydrogen) atoms. The maximum atomic E-state index is 13.0. The fourth-order valence-electron chi connectivity index (χ4n) is 3.67. The van der Waals surface area contributed by atoms with Crippen LogP contribution >= 0.6 is 0 Å². The van der Waals surface area contributed by atoms with Gasteiger partial charge in [-0.15, -0.1) is 0 Å². The van der Waals surface area contributed by atoms with Crippen LogP contribution in [0.4, 0.5) is 0 Å². The van der Waals surface area contributed by atoms with Crippen molar-refractivity contribution in [1.82, 2.24) is 24.3 Å². The van der Waals surface area contributed by atoms with Crippen molar-refractivity contribution in [3.8, 4) is 22.7 Å². The molecule has 0 bridgehead atoms. The quantitative estimate of drug-likeness (QED) is 0.443. The van der Waals surface area contributed by atoms with Gasteiger partial charge in [0, 0.05) is 23.5 Å². The molecule has 0 unspecified atom stereocenters. The third kappa shape index (κ3) is 3.54. The van der Waals surface area contributed by atoms with Gasteiger partial charge < -0.3 is 9.09 Å². The molecule has 0 radical (unpaired) electrons. The Morgan fingerprint density at radius 1 is 0.935 bits per heavy atom. The van der Waals surface area contributed by atoms with Crippen LogP contribution in [-0.2, 0) is 6.54 Å². The Hall–Kier alpha value is -4.00. The molecule has 3 aromatic heterocycles. The van der Waals surface area contributed by atoms with E-state index in [0.717, 1.165) is 27.9 Å². The number of fused-ring (bicyclic) bond motifs is 1. The Bertz CT molecular complexity index is 1460. The van der Waals surface area contributed by atoms with E-state index in [2.05, 4.69) is 28.2 Å². The van der Waals surface area contributed by atoms with E-state index in [1.807, 2.05) is 56.3 Å². The summed E-state index contributed by atoms with van der Waals surface area (Å²) in [7, 11) is 0. The standard InChI is InChI=1S/C24H21N5O2/c1-15-4-7-18(8-5-15)23-25-22(27-31-23)14-28-10-11-29-21(24(28)30)13-20(26-29)19-9-6-16(2)12-17(19)3/h4-13H,14H2,1-3H3. The van der Waals surface area contributed by atoms with Crippen LogP contribution in [0.5, 0.6) is 0 Å². The SMILES string of the molecule is Cc1ccc(-c2nc(Cn3ccn4nc(-c5ccc(C)cc5C)cc4c3=O)no2)cc1. The Balaban J connectivity index is 1.47. The number of hydrogen-bond acceptors (Lipinski definition) is 5. The van der Waals surface area contributed by atoms with Gasteiger partial charge in [0.1, 0.15) is 5.52 Å². The topological polar surface area (TPSA) is 78.2 Å². The van der Waals surface area contributed by atoms with Crippen LogP contribution in [0.2, 0.25) is 0 Å². The van der Waals surface area contributed by atoms with Crippen molar-refractivity contribution in [1.29, 1.82) is 0 Å². The summed E-state index contributed by atoms with van der Waals surface area (Å²) in [5.41, 5.74) is 6.45. The molecular formula is C24H21N5O2. The summed E-state index contributed by atoms with van der Waals surface area (Å²) < 4.78 is 8.56. The molecule has 5 rings (SSSR count). The molecular weight excluding hydrogens is 390 g/mol. The van der Waals surface area contributed by atoms with Crippen LogP contribution in [0, 0.1) is 20.8 Å². The number of benzene rings is 2. The second-order valence-electron chi connectivity index (χ2n) is 7.79. The van der Waals surface area contributed by atoms with E-state index in [1.54, 1.807) is 21.5 Å². The van der Waals surface area contributed by atoms with E-state index in [0.29, 0.717) is 17.2 Å². The van der Waals surface area contributed by atoms with Crippen LogP contribution in [-0.4, -0.2) is 24.3 Å². The van der Waals surface area contributed by atoms with Crippen LogP contribution in [0.15, 0.2) is 70.2 Å². The fraction of sp³-hybridized carbons (Fsp3) is 0.167. The predicted molar refractivity (Wildman–Crippen MR) is 118 cm³/mol. The van der Waals surface area contributed by atoms with Crippen LogP contribution in [0.1, 0.15) is 22.5 Å². The molecule has 5 aromatic rings. The molecule has 0 saturated heterocycles. The lowest BCUT2D eigenvalue weighted by atomic mass is 10.0. The molecule has 0 fully saturated rings. The first-order valence-corrected chi connectivity index (χ1v) is 10.0. The van der Waals surface area contributed by atoms with E-state index < -0.39 is 0 Å². The molecule has 0 aliphatic carbocycles. The number of rotatable bonds is 4. The first-order chi connectivity index (χ1) is 15.0. The van der Waals surface area contributed by atoms with Crippen molar-refractivity contribution in [2.45, 2.75) is 27.3 Å². The first-order valence-electron chi connectivity index (χ1n) is 10.0. The average molecular weight is 411 g/mol. The summed E-state index contributed by atoms with van der Waals surface area (Å²) in [5.74, 6) is 0.877. The second-order valence-corrected chi connectivity index (χ2v) is 7.79. The van der Waals surface area contributed by atoms with Crippen molar-refractivity contribution >= 4 is 5.52 Å². The van der Waals surface area contributed by atoms with Gasteiger partial charge in [-0.05, 0) is 44.5 Å². The van der Waals surface area contributed by atoms with Gasteiger partial charge in [-0.3, -0.25) is 4.79 Å². The van der Waals surface area contributed by atoms with Crippen LogP contribution in [0.25, 0.3) is 28.2 Å². The highest BCUT2D eigenvalue weighted by molar-refractivity contribution is 5.68. The monoisotopic (exact) mass is 411 g/mol. The third-order valence-electron chi connectivity index (χ3n) is 5.34. The molecule has 7 nitrogen and oxygen atoms in total. The molecule has 7 heteroatoms. The van der Waals surface area contributed by atoms with Crippen LogP contribution in [0.3, 0.4) is 0 Å². The zero-order chi connectivity index (χ0) is 21.5. The van der Waals surface area contributed by atoms with Gasteiger partial charge in [-0.25, -0.2) is 4.52 Å².